The van der Waals surface area contributed by atoms with Gasteiger partial charge in [0.25, 0.3) is 0 Å². The minimum absolute atomic E-state index is 0.0410. The van der Waals surface area contributed by atoms with E-state index in [-0.39, 0.29) is 17.2 Å². The first-order valence-electron chi connectivity index (χ1n) is 8.56. The van der Waals surface area contributed by atoms with Crippen LogP contribution in [0.5, 0.6) is 5.75 Å². The lowest BCUT2D eigenvalue weighted by Gasteiger charge is -2.18. The molecule has 0 fully saturated rings. The van der Waals surface area contributed by atoms with Crippen LogP contribution in [0.4, 0.5) is 10.1 Å². The Morgan fingerprint density at radius 3 is 2.65 bits per heavy atom. The number of benzene rings is 2. The molecule has 2 N–H and O–H groups in total. The number of ether oxygens (including phenoxy) is 2. The molecule has 0 spiro atoms. The standard InChI is InChI=1S/C20H22FNO4/c1-4-12(5-6-24-3)25-19-9-15-13(8-16(19)21)14-7-11(2)17(22)10-18(14)26-20(15)23/h7-10,12H,4-6,22H2,1-3H3. The van der Waals surface area contributed by atoms with Crippen LogP contribution in [0, 0.1) is 12.7 Å². The Bertz CT molecular complexity index is 1010. The van der Waals surface area contributed by atoms with Crippen molar-refractivity contribution < 1.29 is 18.3 Å². The summed E-state index contributed by atoms with van der Waals surface area (Å²) < 4.78 is 30.8. The van der Waals surface area contributed by atoms with Gasteiger partial charge in [-0.2, -0.15) is 0 Å². The summed E-state index contributed by atoms with van der Waals surface area (Å²) in [6.45, 7) is 4.32. The lowest BCUT2D eigenvalue weighted by molar-refractivity contribution is 0.120. The highest BCUT2D eigenvalue weighted by atomic mass is 19.1. The highest BCUT2D eigenvalue weighted by Crippen LogP contribution is 2.31. The quantitative estimate of drug-likeness (QED) is 0.406. The van der Waals surface area contributed by atoms with Gasteiger partial charge in [0.15, 0.2) is 11.6 Å². The molecule has 138 valence electrons. The Balaban J connectivity index is 2.13. The second kappa shape index (κ2) is 7.33. The van der Waals surface area contributed by atoms with E-state index >= 15 is 0 Å². The number of hydrogen-bond donors (Lipinski definition) is 1. The highest BCUT2D eigenvalue weighted by molar-refractivity contribution is 6.05. The summed E-state index contributed by atoms with van der Waals surface area (Å²) in [5, 5.41) is 1.40. The predicted octanol–water partition coefficient (Wildman–Crippen LogP) is 4.17. The van der Waals surface area contributed by atoms with E-state index in [4.69, 9.17) is 19.6 Å². The lowest BCUT2D eigenvalue weighted by atomic mass is 10.0. The largest absolute Gasteiger partial charge is 0.487 e. The zero-order valence-electron chi connectivity index (χ0n) is 15.1. The SMILES string of the molecule is CCC(CCOC)Oc1cc2c(=O)oc3cc(N)c(C)cc3c2cc1F. The molecule has 1 unspecified atom stereocenters. The van der Waals surface area contributed by atoms with Gasteiger partial charge in [-0.1, -0.05) is 6.92 Å². The summed E-state index contributed by atoms with van der Waals surface area (Å²) in [6.07, 6.45) is 1.14. The fourth-order valence-electron chi connectivity index (χ4n) is 2.96. The molecule has 1 atom stereocenters. The van der Waals surface area contributed by atoms with Crippen molar-refractivity contribution in [1.29, 1.82) is 0 Å². The van der Waals surface area contributed by atoms with Crippen LogP contribution in [0.3, 0.4) is 0 Å². The molecule has 0 radical (unpaired) electrons. The normalized spacial score (nSPS) is 12.6. The fraction of sp³-hybridized carbons (Fsp3) is 0.350. The van der Waals surface area contributed by atoms with Crippen molar-refractivity contribution in [1.82, 2.24) is 0 Å². The van der Waals surface area contributed by atoms with E-state index in [1.807, 2.05) is 13.8 Å². The molecular formula is C20H22FNO4. The molecule has 0 aliphatic heterocycles. The number of hydrogen-bond acceptors (Lipinski definition) is 5. The number of methoxy groups -OCH3 is 1. The lowest BCUT2D eigenvalue weighted by Crippen LogP contribution is -2.18. The summed E-state index contributed by atoms with van der Waals surface area (Å²) >= 11 is 0. The van der Waals surface area contributed by atoms with Crippen molar-refractivity contribution in [2.24, 2.45) is 0 Å². The van der Waals surface area contributed by atoms with Crippen LogP contribution < -0.4 is 16.1 Å². The summed E-state index contributed by atoms with van der Waals surface area (Å²) in [5.41, 5.74) is 7.02. The predicted molar refractivity (Wildman–Crippen MR) is 100 cm³/mol. The van der Waals surface area contributed by atoms with E-state index in [9.17, 15) is 9.18 Å². The first-order valence-corrected chi connectivity index (χ1v) is 8.56. The third kappa shape index (κ3) is 3.37. The van der Waals surface area contributed by atoms with Gasteiger partial charge < -0.3 is 19.6 Å². The Kier molecular flexibility index (Phi) is 5.13. The van der Waals surface area contributed by atoms with E-state index in [0.717, 1.165) is 5.56 Å². The summed E-state index contributed by atoms with van der Waals surface area (Å²) in [6, 6.07) is 6.12. The Morgan fingerprint density at radius 2 is 1.96 bits per heavy atom. The molecule has 0 amide bonds. The number of nitrogens with two attached hydrogens (primary N) is 1. The van der Waals surface area contributed by atoms with Crippen molar-refractivity contribution in [3.8, 4) is 5.75 Å². The van der Waals surface area contributed by atoms with E-state index in [1.165, 1.54) is 12.1 Å². The molecule has 0 saturated heterocycles. The molecule has 0 bridgehead atoms. The molecule has 3 aromatic rings. The molecule has 0 aliphatic carbocycles. The first-order chi connectivity index (χ1) is 12.4. The average molecular weight is 359 g/mol. The van der Waals surface area contributed by atoms with Crippen LogP contribution in [0.1, 0.15) is 25.3 Å². The Morgan fingerprint density at radius 1 is 1.19 bits per heavy atom. The van der Waals surface area contributed by atoms with Gasteiger partial charge in [0.1, 0.15) is 11.7 Å². The van der Waals surface area contributed by atoms with Gasteiger partial charge in [-0.25, -0.2) is 9.18 Å². The number of nitrogen functional groups attached to an aromatic ring is 1. The molecule has 5 nitrogen and oxygen atoms in total. The number of halogens is 1. The van der Waals surface area contributed by atoms with Crippen molar-refractivity contribution in [2.45, 2.75) is 32.8 Å². The molecular weight excluding hydrogens is 337 g/mol. The van der Waals surface area contributed by atoms with Gasteiger partial charge in [0.2, 0.25) is 0 Å². The minimum atomic E-state index is -0.550. The molecule has 0 saturated carbocycles. The van der Waals surface area contributed by atoms with Gasteiger partial charge in [0.05, 0.1) is 5.39 Å². The molecule has 0 aliphatic rings. The highest BCUT2D eigenvalue weighted by Gasteiger charge is 2.16. The second-order valence-electron chi connectivity index (χ2n) is 6.35. The van der Waals surface area contributed by atoms with Gasteiger partial charge in [-0.3, -0.25) is 0 Å². The van der Waals surface area contributed by atoms with Gasteiger partial charge in [-0.15, -0.1) is 0 Å². The maximum absolute atomic E-state index is 14.7. The molecule has 6 heteroatoms. The molecule has 26 heavy (non-hydrogen) atoms. The maximum atomic E-state index is 14.7. The van der Waals surface area contributed by atoms with Crippen LogP contribution in [0.2, 0.25) is 0 Å². The van der Waals surface area contributed by atoms with Crippen molar-refractivity contribution >= 4 is 27.4 Å². The van der Waals surface area contributed by atoms with E-state index < -0.39 is 11.4 Å². The van der Waals surface area contributed by atoms with Crippen LogP contribution in [-0.2, 0) is 4.74 Å². The average Bonchev–Trinajstić information content (AvgIpc) is 2.61. The first kappa shape index (κ1) is 18.2. The second-order valence-corrected chi connectivity index (χ2v) is 6.35. The van der Waals surface area contributed by atoms with Crippen LogP contribution in [-0.4, -0.2) is 19.8 Å². The number of aryl methyl sites for hydroxylation is 1. The van der Waals surface area contributed by atoms with Gasteiger partial charge in [0, 0.05) is 42.7 Å². The third-order valence-corrected chi connectivity index (χ3v) is 4.55. The minimum Gasteiger partial charge on any atom is -0.487 e. The van der Waals surface area contributed by atoms with Crippen LogP contribution in [0.15, 0.2) is 33.5 Å². The summed E-state index contributed by atoms with van der Waals surface area (Å²) in [5.74, 6) is -0.478. The number of anilines is 1. The summed E-state index contributed by atoms with van der Waals surface area (Å²) in [7, 11) is 1.61. The van der Waals surface area contributed by atoms with E-state index in [0.29, 0.717) is 41.5 Å². The van der Waals surface area contributed by atoms with Crippen molar-refractivity contribution in [2.75, 3.05) is 19.5 Å². The van der Waals surface area contributed by atoms with Crippen molar-refractivity contribution in [3.05, 3.63) is 46.1 Å². The molecule has 3 rings (SSSR count). The zero-order chi connectivity index (χ0) is 18.8. The molecule has 2 aromatic carbocycles. The van der Waals surface area contributed by atoms with Gasteiger partial charge in [-0.05, 0) is 37.1 Å². The Labute approximate surface area is 150 Å². The van der Waals surface area contributed by atoms with Crippen LogP contribution in [0.25, 0.3) is 21.7 Å². The van der Waals surface area contributed by atoms with Gasteiger partial charge >= 0.3 is 5.63 Å². The van der Waals surface area contributed by atoms with Crippen LogP contribution >= 0.6 is 0 Å². The third-order valence-electron chi connectivity index (χ3n) is 4.55. The monoisotopic (exact) mass is 359 g/mol. The topological polar surface area (TPSA) is 74.7 Å². The molecule has 1 heterocycles. The number of fused-ring (bicyclic) bond motifs is 3. The summed E-state index contributed by atoms with van der Waals surface area (Å²) in [4.78, 5) is 12.4. The zero-order valence-corrected chi connectivity index (χ0v) is 15.1. The smallest absolute Gasteiger partial charge is 0.344 e. The van der Waals surface area contributed by atoms with E-state index in [2.05, 4.69) is 0 Å². The van der Waals surface area contributed by atoms with Crippen molar-refractivity contribution in [3.63, 3.8) is 0 Å². The number of rotatable bonds is 6. The maximum Gasteiger partial charge on any atom is 0.344 e. The fourth-order valence-corrected chi connectivity index (χ4v) is 2.96. The van der Waals surface area contributed by atoms with E-state index in [1.54, 1.807) is 19.2 Å². The Hall–Kier alpha value is -2.60. The molecule has 1 aromatic heterocycles.